The fourth-order valence-corrected chi connectivity index (χ4v) is 3.62. The van der Waals surface area contributed by atoms with E-state index in [2.05, 4.69) is 6.92 Å². The molecule has 3 heteroatoms. The van der Waals surface area contributed by atoms with Crippen LogP contribution >= 0.6 is 0 Å². The van der Waals surface area contributed by atoms with Gasteiger partial charge in [0.25, 0.3) is 0 Å². The number of unbranched alkanes of at least 4 members (excludes halogenated alkanes) is 3. The van der Waals surface area contributed by atoms with E-state index in [4.69, 9.17) is 0 Å². The number of alkyl halides is 3. The molecule has 108 valence electrons. The zero-order valence-corrected chi connectivity index (χ0v) is 11.8. The first-order chi connectivity index (χ1) is 8.48. The van der Waals surface area contributed by atoms with Crippen molar-refractivity contribution in [2.75, 3.05) is 0 Å². The molecule has 0 radical (unpaired) electrons. The Kier molecular flexibility index (Phi) is 6.00. The molecule has 1 unspecified atom stereocenters. The van der Waals surface area contributed by atoms with E-state index in [1.54, 1.807) is 0 Å². The van der Waals surface area contributed by atoms with Gasteiger partial charge in [-0.15, -0.1) is 0 Å². The average molecular weight is 264 g/mol. The molecule has 1 aliphatic rings. The highest BCUT2D eigenvalue weighted by molar-refractivity contribution is 4.95. The molecule has 0 heterocycles. The van der Waals surface area contributed by atoms with Gasteiger partial charge in [-0.2, -0.15) is 13.2 Å². The Balaban J connectivity index is 2.64. The maximum Gasteiger partial charge on any atom is 0.394 e. The van der Waals surface area contributed by atoms with Gasteiger partial charge < -0.3 is 0 Å². The summed E-state index contributed by atoms with van der Waals surface area (Å²) < 4.78 is 40.3. The van der Waals surface area contributed by atoms with Gasteiger partial charge in [-0.25, -0.2) is 0 Å². The van der Waals surface area contributed by atoms with Crippen molar-refractivity contribution in [3.05, 3.63) is 0 Å². The van der Waals surface area contributed by atoms with E-state index in [-0.39, 0.29) is 5.92 Å². The second-order valence-corrected chi connectivity index (χ2v) is 5.82. The van der Waals surface area contributed by atoms with Gasteiger partial charge in [0.1, 0.15) is 0 Å². The van der Waals surface area contributed by atoms with Gasteiger partial charge in [0, 0.05) is 0 Å². The Morgan fingerprint density at radius 2 is 1.61 bits per heavy atom. The van der Waals surface area contributed by atoms with E-state index in [1.807, 2.05) is 6.92 Å². The highest BCUT2D eigenvalue weighted by Crippen LogP contribution is 2.57. The van der Waals surface area contributed by atoms with Gasteiger partial charge in [-0.05, 0) is 25.2 Å². The molecule has 1 fully saturated rings. The minimum absolute atomic E-state index is 0.156. The van der Waals surface area contributed by atoms with Crippen LogP contribution in [0.1, 0.15) is 78.1 Å². The molecule has 0 amide bonds. The van der Waals surface area contributed by atoms with Gasteiger partial charge in [0.05, 0.1) is 5.41 Å². The van der Waals surface area contributed by atoms with Crippen molar-refractivity contribution >= 4 is 0 Å². The molecule has 0 spiro atoms. The quantitative estimate of drug-likeness (QED) is 0.487. The summed E-state index contributed by atoms with van der Waals surface area (Å²) in [4.78, 5) is 0. The summed E-state index contributed by atoms with van der Waals surface area (Å²) in [7, 11) is 0. The van der Waals surface area contributed by atoms with Crippen molar-refractivity contribution in [3.8, 4) is 0 Å². The molecule has 1 aliphatic carbocycles. The van der Waals surface area contributed by atoms with Crippen LogP contribution in [0.4, 0.5) is 13.2 Å². The van der Waals surface area contributed by atoms with Gasteiger partial charge in [0.2, 0.25) is 0 Å². The largest absolute Gasteiger partial charge is 0.394 e. The zero-order valence-electron chi connectivity index (χ0n) is 11.8. The standard InChI is InChI=1S/C15H27F3/c1-3-5-6-7-10-13(4-2)14(15(16,17)18)11-8-9-12-14/h13H,3-12H2,1-2H3. The summed E-state index contributed by atoms with van der Waals surface area (Å²) in [6.45, 7) is 4.06. The summed E-state index contributed by atoms with van der Waals surface area (Å²) in [6, 6.07) is 0. The third-order valence-electron chi connectivity index (χ3n) is 4.74. The predicted molar refractivity (Wildman–Crippen MR) is 69.5 cm³/mol. The van der Waals surface area contributed by atoms with Crippen LogP contribution in [0.25, 0.3) is 0 Å². The van der Waals surface area contributed by atoms with Gasteiger partial charge in [-0.3, -0.25) is 0 Å². The van der Waals surface area contributed by atoms with Crippen LogP contribution in [-0.4, -0.2) is 6.18 Å². The van der Waals surface area contributed by atoms with Crippen molar-refractivity contribution in [2.24, 2.45) is 11.3 Å². The monoisotopic (exact) mass is 264 g/mol. The molecule has 0 saturated heterocycles. The number of rotatable bonds is 7. The third kappa shape index (κ3) is 3.42. The maximum atomic E-state index is 13.4. The maximum absolute atomic E-state index is 13.4. The Morgan fingerprint density at radius 3 is 2.06 bits per heavy atom. The van der Waals surface area contributed by atoms with E-state index >= 15 is 0 Å². The number of hydrogen-bond donors (Lipinski definition) is 0. The summed E-state index contributed by atoms with van der Waals surface area (Å²) >= 11 is 0. The van der Waals surface area contributed by atoms with E-state index < -0.39 is 11.6 Å². The van der Waals surface area contributed by atoms with Crippen molar-refractivity contribution in [3.63, 3.8) is 0 Å². The van der Waals surface area contributed by atoms with E-state index in [1.165, 1.54) is 0 Å². The van der Waals surface area contributed by atoms with Crippen LogP contribution in [0.3, 0.4) is 0 Å². The fraction of sp³-hybridized carbons (Fsp3) is 1.00. The van der Waals surface area contributed by atoms with E-state index in [0.29, 0.717) is 19.3 Å². The van der Waals surface area contributed by atoms with Gasteiger partial charge in [-0.1, -0.05) is 58.8 Å². The number of hydrogen-bond acceptors (Lipinski definition) is 0. The summed E-state index contributed by atoms with van der Waals surface area (Å²) in [6.07, 6.45) is 4.00. The molecule has 1 atom stereocenters. The zero-order chi connectivity index (χ0) is 13.6. The predicted octanol–water partition coefficient (Wildman–Crippen LogP) is 6.11. The van der Waals surface area contributed by atoms with Crippen molar-refractivity contribution in [1.82, 2.24) is 0 Å². The lowest BCUT2D eigenvalue weighted by molar-refractivity contribution is -0.242. The van der Waals surface area contributed by atoms with Gasteiger partial charge in [0.15, 0.2) is 0 Å². The first-order valence-corrected chi connectivity index (χ1v) is 7.54. The lowest BCUT2D eigenvalue weighted by atomic mass is 9.70. The highest BCUT2D eigenvalue weighted by atomic mass is 19.4. The van der Waals surface area contributed by atoms with Crippen LogP contribution in [0, 0.1) is 11.3 Å². The number of halogens is 3. The third-order valence-corrected chi connectivity index (χ3v) is 4.74. The molecular formula is C15H27F3. The Hall–Kier alpha value is -0.210. The van der Waals surface area contributed by atoms with Crippen LogP contribution < -0.4 is 0 Å². The molecule has 1 rings (SSSR count). The van der Waals surface area contributed by atoms with Crippen molar-refractivity contribution < 1.29 is 13.2 Å². The van der Waals surface area contributed by atoms with Crippen molar-refractivity contribution in [1.29, 1.82) is 0 Å². The molecule has 0 N–H and O–H groups in total. The molecule has 0 aromatic heterocycles. The lowest BCUT2D eigenvalue weighted by Crippen LogP contribution is -2.42. The second kappa shape index (κ2) is 6.81. The smallest absolute Gasteiger partial charge is 0.170 e. The molecule has 0 bridgehead atoms. The van der Waals surface area contributed by atoms with E-state index in [0.717, 1.165) is 44.9 Å². The van der Waals surface area contributed by atoms with Crippen LogP contribution in [0.15, 0.2) is 0 Å². The molecule has 0 aliphatic heterocycles. The molecule has 0 aromatic carbocycles. The van der Waals surface area contributed by atoms with Crippen LogP contribution in [0.5, 0.6) is 0 Å². The molecule has 0 nitrogen and oxygen atoms in total. The average Bonchev–Trinajstić information content (AvgIpc) is 2.79. The highest BCUT2D eigenvalue weighted by Gasteiger charge is 2.58. The Bertz CT molecular complexity index is 226. The molecule has 0 aromatic rings. The lowest BCUT2D eigenvalue weighted by Gasteiger charge is -2.39. The summed E-state index contributed by atoms with van der Waals surface area (Å²) in [5.74, 6) is -0.156. The fourth-order valence-electron chi connectivity index (χ4n) is 3.62. The Morgan fingerprint density at radius 1 is 1.00 bits per heavy atom. The van der Waals surface area contributed by atoms with Gasteiger partial charge >= 0.3 is 6.18 Å². The molecule has 18 heavy (non-hydrogen) atoms. The summed E-state index contributed by atoms with van der Waals surface area (Å²) in [5, 5.41) is 0. The first-order valence-electron chi connectivity index (χ1n) is 7.54. The van der Waals surface area contributed by atoms with Crippen LogP contribution in [-0.2, 0) is 0 Å². The topological polar surface area (TPSA) is 0 Å². The second-order valence-electron chi connectivity index (χ2n) is 5.82. The molecule has 1 saturated carbocycles. The van der Waals surface area contributed by atoms with Crippen molar-refractivity contribution in [2.45, 2.75) is 84.2 Å². The normalized spacial score (nSPS) is 21.2. The minimum atomic E-state index is -4.01. The van der Waals surface area contributed by atoms with E-state index in [9.17, 15) is 13.2 Å². The van der Waals surface area contributed by atoms with Crippen LogP contribution in [0.2, 0.25) is 0 Å². The first kappa shape index (κ1) is 15.8. The Labute approximate surface area is 109 Å². The molecular weight excluding hydrogens is 237 g/mol. The summed E-state index contributed by atoms with van der Waals surface area (Å²) in [5.41, 5.74) is -1.35. The SMILES string of the molecule is CCCCCCC(CC)C1(C(F)(F)F)CCCC1. The minimum Gasteiger partial charge on any atom is -0.170 e.